The molecular weight excluding hydrogens is 358 g/mol. The normalized spacial score (nSPS) is 12.0. The predicted octanol–water partition coefficient (Wildman–Crippen LogP) is 4.14. The molecule has 0 bridgehead atoms. The number of benzene rings is 2. The first-order valence-electron chi connectivity index (χ1n) is 8.49. The summed E-state index contributed by atoms with van der Waals surface area (Å²) in [7, 11) is 0. The van der Waals surface area contributed by atoms with E-state index in [4.69, 9.17) is 0 Å². The number of fused-ring (bicyclic) bond motifs is 1. The molecule has 0 spiro atoms. The van der Waals surface area contributed by atoms with Crippen molar-refractivity contribution in [3.63, 3.8) is 0 Å². The molecule has 0 radical (unpaired) electrons. The minimum atomic E-state index is -0.346. The molecule has 4 aromatic rings. The summed E-state index contributed by atoms with van der Waals surface area (Å²) in [5, 5.41) is 12.4. The number of H-pyrrole nitrogens is 1. The number of anilines is 1. The van der Waals surface area contributed by atoms with E-state index >= 15 is 0 Å². The SMILES string of the molecule is CC(Sc1n[nH]c(-c2cccnc2)n1)C(=O)Nc1cccc2ccccc12. The Balaban J connectivity index is 1.46. The Hall–Kier alpha value is -3.19. The van der Waals surface area contributed by atoms with Gasteiger partial charge in [0, 0.05) is 29.0 Å². The maximum Gasteiger partial charge on any atom is 0.237 e. The minimum absolute atomic E-state index is 0.0934. The molecule has 7 heteroatoms. The van der Waals surface area contributed by atoms with Gasteiger partial charge in [0.15, 0.2) is 5.82 Å². The zero-order valence-corrected chi connectivity index (χ0v) is 15.4. The van der Waals surface area contributed by atoms with Crippen LogP contribution >= 0.6 is 11.8 Å². The molecule has 134 valence electrons. The molecule has 2 aromatic carbocycles. The minimum Gasteiger partial charge on any atom is -0.325 e. The maximum atomic E-state index is 12.6. The van der Waals surface area contributed by atoms with Gasteiger partial charge in [-0.05, 0) is 30.5 Å². The number of pyridine rings is 1. The molecule has 1 amide bonds. The molecule has 6 nitrogen and oxygen atoms in total. The fourth-order valence-electron chi connectivity index (χ4n) is 2.71. The van der Waals surface area contributed by atoms with E-state index in [-0.39, 0.29) is 11.2 Å². The first kappa shape index (κ1) is 17.2. The highest BCUT2D eigenvalue weighted by Gasteiger charge is 2.18. The van der Waals surface area contributed by atoms with Crippen molar-refractivity contribution in [1.29, 1.82) is 0 Å². The van der Waals surface area contributed by atoms with E-state index < -0.39 is 0 Å². The van der Waals surface area contributed by atoms with Gasteiger partial charge >= 0.3 is 0 Å². The second kappa shape index (κ2) is 7.59. The van der Waals surface area contributed by atoms with Crippen LogP contribution in [-0.2, 0) is 4.79 Å². The van der Waals surface area contributed by atoms with Crippen LogP contribution in [0.3, 0.4) is 0 Å². The molecule has 0 saturated carbocycles. The van der Waals surface area contributed by atoms with E-state index in [1.165, 1.54) is 11.8 Å². The number of nitrogens with zero attached hydrogens (tertiary/aromatic N) is 3. The number of carbonyl (C=O) groups excluding carboxylic acids is 1. The second-order valence-corrected chi connectivity index (χ2v) is 7.29. The Labute approximate surface area is 160 Å². The molecule has 2 aromatic heterocycles. The van der Waals surface area contributed by atoms with Crippen LogP contribution in [0.25, 0.3) is 22.2 Å². The summed E-state index contributed by atoms with van der Waals surface area (Å²) >= 11 is 1.31. The molecule has 0 fully saturated rings. The molecule has 0 aliphatic rings. The lowest BCUT2D eigenvalue weighted by atomic mass is 10.1. The summed E-state index contributed by atoms with van der Waals surface area (Å²) in [5.74, 6) is 0.538. The van der Waals surface area contributed by atoms with Gasteiger partial charge in [0.1, 0.15) is 0 Å². The zero-order valence-electron chi connectivity index (χ0n) is 14.6. The fraction of sp³-hybridized carbons (Fsp3) is 0.100. The number of hydrogen-bond donors (Lipinski definition) is 2. The van der Waals surface area contributed by atoms with Gasteiger partial charge in [0.05, 0.1) is 5.25 Å². The predicted molar refractivity (Wildman–Crippen MR) is 108 cm³/mol. The Morgan fingerprint density at radius 1 is 1.11 bits per heavy atom. The van der Waals surface area contributed by atoms with E-state index in [0.717, 1.165) is 22.0 Å². The molecule has 1 atom stereocenters. The van der Waals surface area contributed by atoms with E-state index in [1.54, 1.807) is 12.4 Å². The molecular formula is C20H17N5OS. The molecule has 27 heavy (non-hydrogen) atoms. The quantitative estimate of drug-likeness (QED) is 0.512. The van der Waals surface area contributed by atoms with Gasteiger partial charge in [-0.25, -0.2) is 4.98 Å². The van der Waals surface area contributed by atoms with E-state index in [9.17, 15) is 4.79 Å². The van der Waals surface area contributed by atoms with Gasteiger partial charge in [-0.2, -0.15) is 0 Å². The lowest BCUT2D eigenvalue weighted by Gasteiger charge is -2.12. The highest BCUT2D eigenvalue weighted by atomic mass is 32.2. The number of hydrogen-bond acceptors (Lipinski definition) is 5. The Bertz CT molecular complexity index is 1070. The van der Waals surface area contributed by atoms with Gasteiger partial charge < -0.3 is 5.32 Å². The van der Waals surface area contributed by atoms with Crippen LogP contribution in [0, 0.1) is 0 Å². The zero-order chi connectivity index (χ0) is 18.6. The van der Waals surface area contributed by atoms with Crippen LogP contribution in [0.4, 0.5) is 5.69 Å². The van der Waals surface area contributed by atoms with Crippen molar-refractivity contribution in [3.05, 3.63) is 67.0 Å². The average Bonchev–Trinajstić information content (AvgIpc) is 3.17. The lowest BCUT2D eigenvalue weighted by Crippen LogP contribution is -2.22. The third-order valence-electron chi connectivity index (χ3n) is 4.10. The van der Waals surface area contributed by atoms with E-state index in [2.05, 4.69) is 25.5 Å². The number of thioether (sulfide) groups is 1. The van der Waals surface area contributed by atoms with Crippen LogP contribution in [0.2, 0.25) is 0 Å². The van der Waals surface area contributed by atoms with Crippen LogP contribution in [-0.4, -0.2) is 31.3 Å². The van der Waals surface area contributed by atoms with E-state index in [0.29, 0.717) is 11.0 Å². The van der Waals surface area contributed by atoms with E-state index in [1.807, 2.05) is 61.5 Å². The van der Waals surface area contributed by atoms with Crippen molar-refractivity contribution in [2.75, 3.05) is 5.32 Å². The number of amides is 1. The summed E-state index contributed by atoms with van der Waals surface area (Å²) in [6.45, 7) is 1.84. The molecule has 0 saturated heterocycles. The van der Waals surface area contributed by atoms with Crippen molar-refractivity contribution in [3.8, 4) is 11.4 Å². The second-order valence-electron chi connectivity index (χ2n) is 5.98. The van der Waals surface area contributed by atoms with Crippen molar-refractivity contribution in [2.24, 2.45) is 0 Å². The van der Waals surface area contributed by atoms with Gasteiger partial charge in [0.25, 0.3) is 0 Å². The number of carbonyl (C=O) groups is 1. The topological polar surface area (TPSA) is 83.6 Å². The van der Waals surface area contributed by atoms with Gasteiger partial charge in [0.2, 0.25) is 11.1 Å². The van der Waals surface area contributed by atoms with Crippen molar-refractivity contribution >= 4 is 34.1 Å². The van der Waals surface area contributed by atoms with Gasteiger partial charge in [-0.15, -0.1) is 5.10 Å². The first-order chi connectivity index (χ1) is 13.2. The maximum absolute atomic E-state index is 12.6. The number of aromatic amines is 1. The summed E-state index contributed by atoms with van der Waals surface area (Å²) in [6.07, 6.45) is 3.42. The van der Waals surface area contributed by atoms with Gasteiger partial charge in [-0.1, -0.05) is 48.2 Å². The molecule has 0 aliphatic carbocycles. The number of nitrogens with one attached hydrogen (secondary N) is 2. The Morgan fingerprint density at radius 3 is 2.81 bits per heavy atom. The fourth-order valence-corrected chi connectivity index (χ4v) is 3.44. The standard InChI is InChI=1S/C20H17N5OS/c1-13(27-20-23-18(24-25-20)15-8-5-11-21-12-15)19(26)22-17-10-4-7-14-6-2-3-9-16(14)17/h2-13H,1H3,(H,22,26)(H,23,24,25). The number of aromatic nitrogens is 4. The van der Waals surface area contributed by atoms with Crippen molar-refractivity contribution in [1.82, 2.24) is 20.2 Å². The third kappa shape index (κ3) is 3.83. The van der Waals surface area contributed by atoms with Crippen LogP contribution < -0.4 is 5.32 Å². The number of rotatable bonds is 5. The molecule has 4 rings (SSSR count). The lowest BCUT2D eigenvalue weighted by molar-refractivity contribution is -0.115. The summed E-state index contributed by atoms with van der Waals surface area (Å²) < 4.78 is 0. The van der Waals surface area contributed by atoms with Crippen molar-refractivity contribution in [2.45, 2.75) is 17.3 Å². The Kier molecular flexibility index (Phi) is 4.84. The molecule has 2 N–H and O–H groups in total. The van der Waals surface area contributed by atoms with Crippen molar-refractivity contribution < 1.29 is 4.79 Å². The highest BCUT2D eigenvalue weighted by Crippen LogP contribution is 2.26. The molecule has 1 unspecified atom stereocenters. The van der Waals surface area contributed by atoms with Gasteiger partial charge in [-0.3, -0.25) is 14.9 Å². The Morgan fingerprint density at radius 2 is 1.96 bits per heavy atom. The monoisotopic (exact) mass is 375 g/mol. The van der Waals surface area contributed by atoms with Crippen LogP contribution in [0.1, 0.15) is 6.92 Å². The highest BCUT2D eigenvalue weighted by molar-refractivity contribution is 8.00. The summed E-state index contributed by atoms with van der Waals surface area (Å²) in [6, 6.07) is 17.6. The van der Waals surface area contributed by atoms with Crippen LogP contribution in [0.15, 0.2) is 72.1 Å². The largest absolute Gasteiger partial charge is 0.325 e. The summed E-state index contributed by atoms with van der Waals surface area (Å²) in [4.78, 5) is 21.1. The average molecular weight is 375 g/mol. The van der Waals surface area contributed by atoms with Crippen LogP contribution in [0.5, 0.6) is 0 Å². The smallest absolute Gasteiger partial charge is 0.237 e. The molecule has 2 heterocycles. The third-order valence-corrected chi connectivity index (χ3v) is 5.06. The summed E-state index contributed by atoms with van der Waals surface area (Å²) in [5.41, 5.74) is 1.65. The molecule has 0 aliphatic heterocycles. The first-order valence-corrected chi connectivity index (χ1v) is 9.37.